The van der Waals surface area contributed by atoms with E-state index in [2.05, 4.69) is 27.4 Å². The number of hydrogen-bond donors (Lipinski definition) is 2. The summed E-state index contributed by atoms with van der Waals surface area (Å²) >= 11 is 0. The minimum absolute atomic E-state index is 0.0239. The maximum absolute atomic E-state index is 12.9. The van der Waals surface area contributed by atoms with Gasteiger partial charge in [-0.25, -0.2) is 4.79 Å². The van der Waals surface area contributed by atoms with Crippen LogP contribution in [-0.4, -0.2) is 50.1 Å². The molecule has 1 saturated carbocycles. The van der Waals surface area contributed by atoms with E-state index in [4.69, 9.17) is 4.74 Å². The van der Waals surface area contributed by atoms with E-state index in [1.54, 1.807) is 18.5 Å². The van der Waals surface area contributed by atoms with Crippen LogP contribution in [0.15, 0.2) is 30.6 Å². The van der Waals surface area contributed by atoms with Crippen LogP contribution in [0.3, 0.4) is 0 Å². The minimum atomic E-state index is -0.855. The van der Waals surface area contributed by atoms with Crippen molar-refractivity contribution in [2.24, 2.45) is 5.92 Å². The third-order valence-corrected chi connectivity index (χ3v) is 6.06. The molecule has 2 aromatic heterocycles. The highest BCUT2D eigenvalue weighted by molar-refractivity contribution is 6.08. The molecule has 0 bridgehead atoms. The number of aromatic nitrogens is 3. The van der Waals surface area contributed by atoms with Crippen LogP contribution in [0.25, 0.3) is 11.3 Å². The number of amides is 3. The van der Waals surface area contributed by atoms with E-state index in [0.717, 1.165) is 29.7 Å². The van der Waals surface area contributed by atoms with Gasteiger partial charge in [0.05, 0.1) is 11.4 Å². The van der Waals surface area contributed by atoms with Gasteiger partial charge in [-0.15, -0.1) is 0 Å². The number of carbonyl (C=O) groups excluding carboxylic acids is 3. The summed E-state index contributed by atoms with van der Waals surface area (Å²) < 4.78 is 5.25. The minimum Gasteiger partial charge on any atom is -0.458 e. The van der Waals surface area contributed by atoms with Gasteiger partial charge in [-0.2, -0.15) is 5.10 Å². The number of nitrogens with zero attached hydrogens (tertiary/aromatic N) is 3. The van der Waals surface area contributed by atoms with E-state index in [0.29, 0.717) is 30.1 Å². The first-order valence-corrected chi connectivity index (χ1v) is 10.2. The number of carbonyl (C=O) groups is 3. The lowest BCUT2D eigenvalue weighted by atomic mass is 9.75. The fourth-order valence-corrected chi connectivity index (χ4v) is 4.18. The van der Waals surface area contributed by atoms with Gasteiger partial charge in [0.2, 0.25) is 0 Å². The van der Waals surface area contributed by atoms with Crippen molar-refractivity contribution in [1.29, 1.82) is 0 Å². The molecule has 0 aromatic carbocycles. The predicted octanol–water partition coefficient (Wildman–Crippen LogP) is 2.41. The lowest BCUT2D eigenvalue weighted by Crippen LogP contribution is -2.49. The Bertz CT molecular complexity index is 934. The highest BCUT2D eigenvalue weighted by atomic mass is 16.5. The van der Waals surface area contributed by atoms with E-state index >= 15 is 0 Å². The molecule has 1 spiro atoms. The predicted molar refractivity (Wildman–Crippen MR) is 107 cm³/mol. The van der Waals surface area contributed by atoms with Crippen LogP contribution >= 0.6 is 0 Å². The lowest BCUT2D eigenvalue weighted by Gasteiger charge is -2.34. The number of hydrogen-bond acceptors (Lipinski definition) is 6. The van der Waals surface area contributed by atoms with Gasteiger partial charge in [-0.1, -0.05) is 13.3 Å². The van der Waals surface area contributed by atoms with Gasteiger partial charge in [0.15, 0.2) is 0 Å². The molecule has 4 rings (SSSR count). The molecule has 2 N–H and O–H groups in total. The number of H-pyrrole nitrogens is 1. The Labute approximate surface area is 174 Å². The molecule has 9 nitrogen and oxygen atoms in total. The smallest absolute Gasteiger partial charge is 0.326 e. The molecule has 0 unspecified atom stereocenters. The molecular formula is C21H25N5O4. The van der Waals surface area contributed by atoms with E-state index in [1.165, 1.54) is 0 Å². The molecule has 0 radical (unpaired) electrons. The van der Waals surface area contributed by atoms with Crippen molar-refractivity contribution >= 4 is 17.9 Å². The summed E-state index contributed by atoms with van der Waals surface area (Å²) in [5.74, 6) is -0.371. The van der Waals surface area contributed by atoms with Crippen molar-refractivity contribution < 1.29 is 19.1 Å². The highest BCUT2D eigenvalue weighted by Crippen LogP contribution is 2.37. The van der Waals surface area contributed by atoms with Gasteiger partial charge in [0, 0.05) is 18.0 Å². The average molecular weight is 411 g/mol. The first-order chi connectivity index (χ1) is 14.5. The second-order valence-electron chi connectivity index (χ2n) is 7.93. The molecule has 30 heavy (non-hydrogen) atoms. The van der Waals surface area contributed by atoms with Gasteiger partial charge in [-0.3, -0.25) is 24.6 Å². The fourth-order valence-electron chi connectivity index (χ4n) is 4.18. The Kier molecular flexibility index (Phi) is 5.52. The number of nitrogens with one attached hydrogen (secondary N) is 2. The number of rotatable bonds is 6. The quantitative estimate of drug-likeness (QED) is 0.557. The van der Waals surface area contributed by atoms with Gasteiger partial charge in [-0.05, 0) is 49.8 Å². The van der Waals surface area contributed by atoms with Crippen LogP contribution in [0.4, 0.5) is 4.79 Å². The van der Waals surface area contributed by atoms with Crippen molar-refractivity contribution in [3.8, 4) is 11.3 Å². The number of esters is 1. The van der Waals surface area contributed by atoms with Crippen LogP contribution in [0.2, 0.25) is 0 Å². The van der Waals surface area contributed by atoms with Crippen molar-refractivity contribution in [2.75, 3.05) is 6.54 Å². The highest BCUT2D eigenvalue weighted by Gasteiger charge is 2.52. The monoisotopic (exact) mass is 411 g/mol. The second-order valence-corrected chi connectivity index (χ2v) is 7.93. The summed E-state index contributed by atoms with van der Waals surface area (Å²) in [4.78, 5) is 42.4. The molecule has 3 heterocycles. The zero-order valence-electron chi connectivity index (χ0n) is 16.9. The Morgan fingerprint density at radius 3 is 2.70 bits per heavy atom. The third kappa shape index (κ3) is 3.92. The Hall–Kier alpha value is -3.23. The number of imide groups is 1. The van der Waals surface area contributed by atoms with Gasteiger partial charge in [0.25, 0.3) is 5.91 Å². The largest absolute Gasteiger partial charge is 0.458 e. The topological polar surface area (TPSA) is 117 Å². The molecule has 1 aliphatic heterocycles. The van der Waals surface area contributed by atoms with E-state index in [1.807, 2.05) is 12.1 Å². The van der Waals surface area contributed by atoms with Crippen molar-refractivity contribution in [3.63, 3.8) is 0 Å². The van der Waals surface area contributed by atoms with E-state index in [9.17, 15) is 14.4 Å². The molecule has 1 saturated heterocycles. The van der Waals surface area contributed by atoms with Crippen molar-refractivity contribution in [3.05, 3.63) is 36.3 Å². The van der Waals surface area contributed by atoms with Crippen molar-refractivity contribution in [1.82, 2.24) is 25.4 Å². The number of urea groups is 1. The molecule has 9 heteroatoms. The van der Waals surface area contributed by atoms with Crippen LogP contribution in [0.1, 0.15) is 44.7 Å². The summed E-state index contributed by atoms with van der Waals surface area (Å²) in [6, 6.07) is 4.91. The molecule has 3 amide bonds. The number of pyridine rings is 1. The van der Waals surface area contributed by atoms with Gasteiger partial charge < -0.3 is 10.1 Å². The van der Waals surface area contributed by atoms with Crippen LogP contribution in [0, 0.1) is 5.92 Å². The van der Waals surface area contributed by atoms with Crippen molar-refractivity contribution in [2.45, 2.75) is 51.2 Å². The number of aromatic amines is 1. The normalized spacial score (nSPS) is 23.6. The van der Waals surface area contributed by atoms with Crippen LogP contribution < -0.4 is 5.32 Å². The molecule has 2 aliphatic rings. The maximum Gasteiger partial charge on any atom is 0.326 e. The first-order valence-electron chi connectivity index (χ1n) is 10.2. The van der Waals surface area contributed by atoms with Gasteiger partial charge in [0.1, 0.15) is 18.7 Å². The summed E-state index contributed by atoms with van der Waals surface area (Å²) in [7, 11) is 0. The Morgan fingerprint density at radius 1 is 1.27 bits per heavy atom. The Balaban J connectivity index is 1.32. The average Bonchev–Trinajstić information content (AvgIpc) is 3.33. The van der Waals surface area contributed by atoms with E-state index < -0.39 is 24.1 Å². The summed E-state index contributed by atoms with van der Waals surface area (Å²) in [5, 5.41) is 9.83. The lowest BCUT2D eigenvalue weighted by molar-refractivity contribution is -0.149. The third-order valence-electron chi connectivity index (χ3n) is 6.06. The number of ether oxygens (including phenoxy) is 1. The first kappa shape index (κ1) is 20.1. The SMILES string of the molecule is CCC1CCC2(CC1)NC(=O)N(CC(=O)OCc1cc(-c3ccncc3)n[nH]1)C2=O. The zero-order valence-corrected chi connectivity index (χ0v) is 16.9. The summed E-state index contributed by atoms with van der Waals surface area (Å²) in [5.41, 5.74) is 1.36. The Morgan fingerprint density at radius 2 is 2.00 bits per heavy atom. The maximum atomic E-state index is 12.9. The summed E-state index contributed by atoms with van der Waals surface area (Å²) in [6.07, 6.45) is 7.46. The fraction of sp³-hybridized carbons (Fsp3) is 0.476. The standard InChI is InChI=1S/C21H25N5O4/c1-2-14-3-7-21(8-4-14)19(28)26(20(29)23-21)12-18(27)30-13-16-11-17(25-24-16)15-5-9-22-10-6-15/h5-6,9-11,14H,2-4,7-8,12-13H2,1H3,(H,23,29)(H,24,25). The van der Waals surface area contributed by atoms with Crippen LogP contribution in [-0.2, 0) is 20.9 Å². The molecule has 0 atom stereocenters. The summed E-state index contributed by atoms with van der Waals surface area (Å²) in [6.45, 7) is 1.72. The molecule has 1 aliphatic carbocycles. The molecule has 2 fully saturated rings. The van der Waals surface area contributed by atoms with Crippen LogP contribution in [0.5, 0.6) is 0 Å². The van der Waals surface area contributed by atoms with E-state index in [-0.39, 0.29) is 12.5 Å². The molecule has 158 valence electrons. The second kappa shape index (κ2) is 8.25. The molecular weight excluding hydrogens is 386 g/mol. The molecule has 2 aromatic rings. The zero-order chi connectivity index (χ0) is 21.1. The van der Waals surface area contributed by atoms with Gasteiger partial charge >= 0.3 is 12.0 Å².